The first kappa shape index (κ1) is 14.0. The third-order valence-corrected chi connectivity index (χ3v) is 4.35. The minimum absolute atomic E-state index is 0.240. The van der Waals surface area contributed by atoms with E-state index in [-0.39, 0.29) is 6.61 Å². The fraction of sp³-hybridized carbons (Fsp3) is 0.500. The topological polar surface area (TPSA) is 46.2 Å². The van der Waals surface area contributed by atoms with Gasteiger partial charge in [0.1, 0.15) is 0 Å². The van der Waals surface area contributed by atoms with E-state index in [1.807, 2.05) is 23.9 Å². The summed E-state index contributed by atoms with van der Waals surface area (Å²) in [7, 11) is 0. The van der Waals surface area contributed by atoms with Gasteiger partial charge in [0.05, 0.1) is 0 Å². The van der Waals surface area contributed by atoms with Gasteiger partial charge in [0.25, 0.3) is 0 Å². The van der Waals surface area contributed by atoms with Crippen molar-refractivity contribution in [2.24, 2.45) is 5.73 Å². The Balaban J connectivity index is 2.67. The predicted octanol–water partition coefficient (Wildman–Crippen LogP) is 2.95. The molecular weight excluding hydrogens is 286 g/mol. The van der Waals surface area contributed by atoms with Crippen LogP contribution in [-0.4, -0.2) is 23.5 Å². The molecule has 4 heteroatoms. The highest BCUT2D eigenvalue weighted by molar-refractivity contribution is 9.10. The molecule has 0 fully saturated rings. The van der Waals surface area contributed by atoms with Crippen LogP contribution in [0.15, 0.2) is 28.7 Å². The first-order chi connectivity index (χ1) is 7.67. The molecule has 90 valence electrons. The summed E-state index contributed by atoms with van der Waals surface area (Å²) in [4.78, 5) is 0. The minimum Gasteiger partial charge on any atom is -0.396 e. The zero-order valence-corrected chi connectivity index (χ0v) is 11.8. The van der Waals surface area contributed by atoms with Crippen LogP contribution in [0.2, 0.25) is 0 Å². The summed E-state index contributed by atoms with van der Waals surface area (Å²) in [5.74, 6) is 0. The van der Waals surface area contributed by atoms with Crippen molar-refractivity contribution >= 4 is 27.7 Å². The highest BCUT2D eigenvalue weighted by Gasteiger charge is 2.14. The molecule has 1 rings (SSSR count). The minimum atomic E-state index is 0.240. The molecule has 0 spiro atoms. The number of nitrogens with two attached hydrogens (primary N) is 1. The fourth-order valence-electron chi connectivity index (χ4n) is 1.51. The molecule has 0 saturated heterocycles. The van der Waals surface area contributed by atoms with Gasteiger partial charge in [-0.1, -0.05) is 35.0 Å². The lowest BCUT2D eigenvalue weighted by Gasteiger charge is -2.19. The maximum atomic E-state index is 8.88. The third kappa shape index (κ3) is 4.45. The standard InChI is InChI=1S/C12H18BrNOS/c1-9(5-6-15)16-12(8-14)10-3-2-4-11(13)7-10/h2-4,7,9,12,15H,5-6,8,14H2,1H3. The number of thioether (sulfide) groups is 1. The summed E-state index contributed by atoms with van der Waals surface area (Å²) in [6.45, 7) is 2.99. The predicted molar refractivity (Wildman–Crippen MR) is 74.7 cm³/mol. The van der Waals surface area contributed by atoms with Crippen LogP contribution in [0.5, 0.6) is 0 Å². The first-order valence-corrected chi connectivity index (χ1v) is 7.12. The van der Waals surface area contributed by atoms with Crippen molar-refractivity contribution < 1.29 is 5.11 Å². The van der Waals surface area contributed by atoms with Crippen molar-refractivity contribution in [2.75, 3.05) is 13.2 Å². The van der Waals surface area contributed by atoms with Gasteiger partial charge >= 0.3 is 0 Å². The van der Waals surface area contributed by atoms with Crippen molar-refractivity contribution in [3.63, 3.8) is 0 Å². The summed E-state index contributed by atoms with van der Waals surface area (Å²) in [6.07, 6.45) is 0.815. The van der Waals surface area contributed by atoms with Gasteiger partial charge in [-0.2, -0.15) is 0 Å². The molecule has 0 heterocycles. The Hall–Kier alpha value is -0.0300. The normalized spacial score (nSPS) is 14.8. The average Bonchev–Trinajstić information content (AvgIpc) is 2.26. The second-order valence-electron chi connectivity index (χ2n) is 3.74. The van der Waals surface area contributed by atoms with E-state index in [0.29, 0.717) is 17.0 Å². The SMILES string of the molecule is CC(CCO)SC(CN)c1cccc(Br)c1. The molecule has 0 aliphatic heterocycles. The van der Waals surface area contributed by atoms with Crippen LogP contribution in [-0.2, 0) is 0 Å². The van der Waals surface area contributed by atoms with E-state index >= 15 is 0 Å². The molecule has 2 nitrogen and oxygen atoms in total. The van der Waals surface area contributed by atoms with Gasteiger partial charge < -0.3 is 10.8 Å². The molecule has 0 aliphatic carbocycles. The van der Waals surface area contributed by atoms with Crippen LogP contribution in [0, 0.1) is 0 Å². The maximum absolute atomic E-state index is 8.88. The Kier molecular flexibility index (Phi) is 6.43. The molecule has 0 radical (unpaired) electrons. The second kappa shape index (κ2) is 7.33. The number of aliphatic hydroxyl groups excluding tert-OH is 1. The zero-order chi connectivity index (χ0) is 12.0. The Labute approximate surface area is 110 Å². The molecule has 3 N–H and O–H groups in total. The summed E-state index contributed by atoms with van der Waals surface area (Å²) < 4.78 is 1.08. The highest BCUT2D eigenvalue weighted by Crippen LogP contribution is 2.33. The quantitative estimate of drug-likeness (QED) is 0.849. The molecule has 0 aliphatic rings. The van der Waals surface area contributed by atoms with E-state index < -0.39 is 0 Å². The Morgan fingerprint density at radius 3 is 2.81 bits per heavy atom. The molecule has 16 heavy (non-hydrogen) atoms. The van der Waals surface area contributed by atoms with Gasteiger partial charge in [0.2, 0.25) is 0 Å². The van der Waals surface area contributed by atoms with Gasteiger partial charge in [-0.3, -0.25) is 0 Å². The zero-order valence-electron chi connectivity index (χ0n) is 9.40. The van der Waals surface area contributed by atoms with Crippen LogP contribution in [0.3, 0.4) is 0 Å². The molecule has 1 aromatic rings. The van der Waals surface area contributed by atoms with E-state index in [9.17, 15) is 0 Å². The summed E-state index contributed by atoms with van der Waals surface area (Å²) in [5.41, 5.74) is 7.04. The van der Waals surface area contributed by atoms with Gasteiger partial charge in [-0.15, -0.1) is 11.8 Å². The van der Waals surface area contributed by atoms with E-state index in [4.69, 9.17) is 10.8 Å². The number of hydrogen-bond acceptors (Lipinski definition) is 3. The van der Waals surface area contributed by atoms with E-state index in [2.05, 4.69) is 35.0 Å². The van der Waals surface area contributed by atoms with Crippen LogP contribution in [0.4, 0.5) is 0 Å². The number of aliphatic hydroxyl groups is 1. The lowest BCUT2D eigenvalue weighted by atomic mass is 10.1. The van der Waals surface area contributed by atoms with Crippen molar-refractivity contribution in [2.45, 2.75) is 23.8 Å². The monoisotopic (exact) mass is 303 g/mol. The molecule has 1 aromatic carbocycles. The van der Waals surface area contributed by atoms with Crippen LogP contribution < -0.4 is 5.73 Å². The smallest absolute Gasteiger partial charge is 0.0441 e. The Morgan fingerprint density at radius 2 is 2.25 bits per heavy atom. The summed E-state index contributed by atoms with van der Waals surface area (Å²) in [6, 6.07) is 8.25. The van der Waals surface area contributed by atoms with Crippen LogP contribution in [0.25, 0.3) is 0 Å². The molecule has 0 aromatic heterocycles. The highest BCUT2D eigenvalue weighted by atomic mass is 79.9. The van der Waals surface area contributed by atoms with Gasteiger partial charge in [-0.25, -0.2) is 0 Å². The first-order valence-electron chi connectivity index (χ1n) is 5.39. The fourth-order valence-corrected chi connectivity index (χ4v) is 3.14. The lowest BCUT2D eigenvalue weighted by molar-refractivity contribution is 0.289. The maximum Gasteiger partial charge on any atom is 0.0441 e. The van der Waals surface area contributed by atoms with Gasteiger partial charge in [0, 0.05) is 28.1 Å². The van der Waals surface area contributed by atoms with Crippen molar-refractivity contribution in [1.29, 1.82) is 0 Å². The largest absolute Gasteiger partial charge is 0.396 e. The van der Waals surface area contributed by atoms with E-state index in [0.717, 1.165) is 10.9 Å². The molecule has 0 saturated carbocycles. The van der Waals surface area contributed by atoms with Gasteiger partial charge in [-0.05, 0) is 24.1 Å². The number of hydrogen-bond donors (Lipinski definition) is 2. The van der Waals surface area contributed by atoms with E-state index in [1.54, 1.807) is 0 Å². The Bertz CT molecular complexity index is 322. The molecular formula is C12H18BrNOS. The molecule has 0 amide bonds. The molecule has 2 unspecified atom stereocenters. The van der Waals surface area contributed by atoms with Crippen molar-refractivity contribution in [3.05, 3.63) is 34.3 Å². The number of benzene rings is 1. The summed E-state index contributed by atoms with van der Waals surface area (Å²) in [5, 5.41) is 9.62. The van der Waals surface area contributed by atoms with E-state index in [1.165, 1.54) is 5.56 Å². The number of rotatable bonds is 6. The van der Waals surface area contributed by atoms with Crippen LogP contribution in [0.1, 0.15) is 24.2 Å². The van der Waals surface area contributed by atoms with Crippen LogP contribution >= 0.6 is 27.7 Å². The number of halogens is 1. The van der Waals surface area contributed by atoms with Gasteiger partial charge in [0.15, 0.2) is 0 Å². The van der Waals surface area contributed by atoms with Crippen molar-refractivity contribution in [1.82, 2.24) is 0 Å². The lowest BCUT2D eigenvalue weighted by Crippen LogP contribution is -2.13. The van der Waals surface area contributed by atoms with Crippen molar-refractivity contribution in [3.8, 4) is 0 Å². The molecule has 2 atom stereocenters. The Morgan fingerprint density at radius 1 is 1.50 bits per heavy atom. The third-order valence-electron chi connectivity index (χ3n) is 2.37. The molecule has 0 bridgehead atoms. The summed E-state index contributed by atoms with van der Waals surface area (Å²) >= 11 is 5.29. The second-order valence-corrected chi connectivity index (χ2v) is 6.30. The average molecular weight is 304 g/mol.